The molecular formula is C29H38N4O. The Labute approximate surface area is 203 Å². The minimum absolute atomic E-state index is 0.0174. The summed E-state index contributed by atoms with van der Waals surface area (Å²) in [5, 5.41) is 1.31. The third-order valence-corrected chi connectivity index (χ3v) is 8.33. The van der Waals surface area contributed by atoms with Crippen LogP contribution >= 0.6 is 0 Å². The fourth-order valence-electron chi connectivity index (χ4n) is 6.26. The lowest BCUT2D eigenvalue weighted by atomic mass is 9.79. The van der Waals surface area contributed by atoms with Crippen LogP contribution in [0.1, 0.15) is 42.5 Å². The molecule has 0 spiro atoms. The molecule has 180 valence electrons. The first-order valence-electron chi connectivity index (χ1n) is 12.8. The fraction of sp³-hybridized carbons (Fsp3) is 0.483. The fourth-order valence-corrected chi connectivity index (χ4v) is 6.26. The maximum Gasteiger partial charge on any atom is 0.226 e. The first-order chi connectivity index (χ1) is 16.5. The van der Waals surface area contributed by atoms with E-state index in [9.17, 15) is 4.79 Å². The number of likely N-dealkylation sites (tertiary alicyclic amines) is 2. The predicted molar refractivity (Wildman–Crippen MR) is 139 cm³/mol. The van der Waals surface area contributed by atoms with Crippen molar-refractivity contribution >= 4 is 16.8 Å². The van der Waals surface area contributed by atoms with Gasteiger partial charge >= 0.3 is 0 Å². The van der Waals surface area contributed by atoms with Gasteiger partial charge < -0.3 is 9.88 Å². The second-order valence-corrected chi connectivity index (χ2v) is 10.5. The molecule has 2 aliphatic heterocycles. The van der Waals surface area contributed by atoms with Gasteiger partial charge in [-0.25, -0.2) is 0 Å². The zero-order valence-corrected chi connectivity index (χ0v) is 20.9. The summed E-state index contributed by atoms with van der Waals surface area (Å²) in [5.74, 6) is 0.476. The van der Waals surface area contributed by atoms with Gasteiger partial charge in [0.1, 0.15) is 0 Å². The van der Waals surface area contributed by atoms with Crippen LogP contribution in [-0.2, 0) is 16.9 Å². The third-order valence-electron chi connectivity index (χ3n) is 8.33. The molecule has 3 aromatic rings. The molecule has 0 saturated carbocycles. The number of H-pyrrole nitrogens is 1. The molecule has 1 unspecified atom stereocenters. The molecule has 5 rings (SSSR count). The highest BCUT2D eigenvalue weighted by atomic mass is 16.2. The van der Waals surface area contributed by atoms with Gasteiger partial charge in [-0.1, -0.05) is 48.5 Å². The minimum Gasteiger partial charge on any atom is -0.358 e. The van der Waals surface area contributed by atoms with Crippen LogP contribution in [0, 0.1) is 12.8 Å². The first-order valence-corrected chi connectivity index (χ1v) is 12.8. The Hall–Kier alpha value is -2.63. The second kappa shape index (κ2) is 9.55. The molecule has 1 amide bonds. The van der Waals surface area contributed by atoms with Crippen LogP contribution in [0.3, 0.4) is 0 Å². The number of amides is 1. The summed E-state index contributed by atoms with van der Waals surface area (Å²) in [6, 6.07) is 19.4. The van der Waals surface area contributed by atoms with Crippen molar-refractivity contribution in [2.24, 2.45) is 5.92 Å². The summed E-state index contributed by atoms with van der Waals surface area (Å²) < 4.78 is 0. The monoisotopic (exact) mass is 458 g/mol. The summed E-state index contributed by atoms with van der Waals surface area (Å²) >= 11 is 0. The van der Waals surface area contributed by atoms with Crippen LogP contribution in [0.25, 0.3) is 10.9 Å². The van der Waals surface area contributed by atoms with Gasteiger partial charge in [-0.3, -0.25) is 14.6 Å². The molecule has 3 heterocycles. The number of carbonyl (C=O) groups excluding carboxylic acids is 1. The number of piperidine rings is 2. The zero-order chi connectivity index (χ0) is 23.7. The number of aromatic amines is 1. The van der Waals surface area contributed by atoms with Gasteiger partial charge in [0.2, 0.25) is 5.91 Å². The Morgan fingerprint density at radius 2 is 1.74 bits per heavy atom. The van der Waals surface area contributed by atoms with Crippen LogP contribution in [0.4, 0.5) is 0 Å². The average Bonchev–Trinajstić information content (AvgIpc) is 3.19. The molecule has 5 heteroatoms. The van der Waals surface area contributed by atoms with E-state index in [-0.39, 0.29) is 11.5 Å². The van der Waals surface area contributed by atoms with Crippen molar-refractivity contribution in [1.29, 1.82) is 0 Å². The van der Waals surface area contributed by atoms with Crippen molar-refractivity contribution in [1.82, 2.24) is 19.7 Å². The van der Waals surface area contributed by atoms with E-state index < -0.39 is 0 Å². The summed E-state index contributed by atoms with van der Waals surface area (Å²) in [7, 11) is 4.35. The van der Waals surface area contributed by atoms with Gasteiger partial charge in [-0.2, -0.15) is 0 Å². The number of carbonyl (C=O) groups is 1. The van der Waals surface area contributed by atoms with Gasteiger partial charge in [0.25, 0.3) is 0 Å². The molecule has 0 aliphatic carbocycles. The average molecular weight is 459 g/mol. The van der Waals surface area contributed by atoms with Gasteiger partial charge in [0, 0.05) is 48.3 Å². The maximum atomic E-state index is 13.6. The molecular weight excluding hydrogens is 420 g/mol. The van der Waals surface area contributed by atoms with Crippen molar-refractivity contribution in [2.75, 3.05) is 40.3 Å². The molecule has 2 saturated heterocycles. The minimum atomic E-state index is 0.0174. The normalized spacial score (nSPS) is 21.3. The maximum absolute atomic E-state index is 13.6. The summed E-state index contributed by atoms with van der Waals surface area (Å²) in [4.78, 5) is 24.1. The second-order valence-electron chi connectivity index (χ2n) is 10.5. The van der Waals surface area contributed by atoms with Crippen LogP contribution in [0.2, 0.25) is 0 Å². The molecule has 34 heavy (non-hydrogen) atoms. The number of para-hydroxylation sites is 1. The lowest BCUT2D eigenvalue weighted by molar-refractivity contribution is -0.140. The molecule has 0 radical (unpaired) electrons. The number of hydrogen-bond acceptors (Lipinski definition) is 3. The van der Waals surface area contributed by atoms with Gasteiger partial charge in [0.05, 0.1) is 5.92 Å². The van der Waals surface area contributed by atoms with E-state index in [1.165, 1.54) is 27.7 Å². The van der Waals surface area contributed by atoms with E-state index in [0.717, 1.165) is 58.4 Å². The number of aromatic nitrogens is 1. The smallest absolute Gasteiger partial charge is 0.226 e. The van der Waals surface area contributed by atoms with Crippen molar-refractivity contribution in [2.45, 2.75) is 44.7 Å². The summed E-state index contributed by atoms with van der Waals surface area (Å²) in [6.07, 6.45) is 4.08. The lowest BCUT2D eigenvalue weighted by Gasteiger charge is -2.47. The standard InChI is InChI=1S/C29H38N4O/c1-22-26(25-13-7-8-14-27(25)30-22)21-32-17-9-10-23(20-32)28(34)33-18-15-29(16-19-33,31(2)3)24-11-5-4-6-12-24/h4-8,11-14,23,30H,9-10,15-21H2,1-3H3. The van der Waals surface area contributed by atoms with Crippen LogP contribution in [0.5, 0.6) is 0 Å². The van der Waals surface area contributed by atoms with Crippen LogP contribution in [0.15, 0.2) is 54.6 Å². The molecule has 5 nitrogen and oxygen atoms in total. The van der Waals surface area contributed by atoms with Gasteiger partial charge in [-0.15, -0.1) is 0 Å². The van der Waals surface area contributed by atoms with E-state index in [1.54, 1.807) is 0 Å². The van der Waals surface area contributed by atoms with Gasteiger partial charge in [-0.05, 0) is 70.4 Å². The number of benzene rings is 2. The van der Waals surface area contributed by atoms with E-state index in [0.29, 0.717) is 5.91 Å². The topological polar surface area (TPSA) is 42.6 Å². The Balaban J connectivity index is 1.24. The highest BCUT2D eigenvalue weighted by molar-refractivity contribution is 5.84. The van der Waals surface area contributed by atoms with Crippen molar-refractivity contribution < 1.29 is 4.79 Å². The first kappa shape index (κ1) is 23.1. The Morgan fingerprint density at radius 3 is 2.47 bits per heavy atom. The number of rotatable bonds is 5. The number of nitrogens with zero attached hydrogens (tertiary/aromatic N) is 3. The van der Waals surface area contributed by atoms with E-state index in [1.807, 2.05) is 0 Å². The Morgan fingerprint density at radius 1 is 1.03 bits per heavy atom. The molecule has 1 atom stereocenters. The highest BCUT2D eigenvalue weighted by Gasteiger charge is 2.40. The van der Waals surface area contributed by atoms with E-state index >= 15 is 0 Å². The number of hydrogen-bond donors (Lipinski definition) is 1. The number of aryl methyl sites for hydroxylation is 1. The molecule has 1 N–H and O–H groups in total. The van der Waals surface area contributed by atoms with Crippen LogP contribution in [-0.4, -0.2) is 65.9 Å². The number of nitrogens with one attached hydrogen (secondary N) is 1. The lowest BCUT2D eigenvalue weighted by Crippen LogP contribution is -2.54. The van der Waals surface area contributed by atoms with Crippen molar-refractivity contribution in [3.8, 4) is 0 Å². The van der Waals surface area contributed by atoms with Gasteiger partial charge in [0.15, 0.2) is 0 Å². The molecule has 2 aliphatic rings. The zero-order valence-electron chi connectivity index (χ0n) is 20.9. The Kier molecular flexibility index (Phi) is 6.50. The molecule has 2 fully saturated rings. The Bertz CT molecular complexity index is 1130. The quantitative estimate of drug-likeness (QED) is 0.599. The predicted octanol–water partition coefficient (Wildman–Crippen LogP) is 4.77. The van der Waals surface area contributed by atoms with Crippen molar-refractivity contribution in [3.63, 3.8) is 0 Å². The van der Waals surface area contributed by atoms with E-state index in [4.69, 9.17) is 0 Å². The SMILES string of the molecule is Cc1[nH]c2ccccc2c1CN1CCCC(C(=O)N2CCC(c3ccccc3)(N(C)C)CC2)C1. The largest absolute Gasteiger partial charge is 0.358 e. The van der Waals surface area contributed by atoms with Crippen molar-refractivity contribution in [3.05, 3.63) is 71.4 Å². The number of fused-ring (bicyclic) bond motifs is 1. The summed E-state index contributed by atoms with van der Waals surface area (Å²) in [5.41, 5.74) is 5.21. The third kappa shape index (κ3) is 4.27. The van der Waals surface area contributed by atoms with E-state index in [2.05, 4.69) is 95.3 Å². The highest BCUT2D eigenvalue weighted by Crippen LogP contribution is 2.38. The van der Waals surface area contributed by atoms with Crippen LogP contribution < -0.4 is 0 Å². The molecule has 2 aromatic carbocycles. The summed E-state index contributed by atoms with van der Waals surface area (Å²) in [6.45, 7) is 6.69. The molecule has 1 aromatic heterocycles. The molecule has 0 bridgehead atoms.